The van der Waals surface area contributed by atoms with Crippen molar-refractivity contribution in [2.45, 2.75) is 19.9 Å². The Kier molecular flexibility index (Phi) is 7.16. The van der Waals surface area contributed by atoms with Gasteiger partial charge in [0.2, 0.25) is 11.8 Å². The van der Waals surface area contributed by atoms with Crippen LogP contribution in [0.1, 0.15) is 17.6 Å². The van der Waals surface area contributed by atoms with Crippen LogP contribution in [-0.4, -0.2) is 41.8 Å². The molecule has 2 aromatic rings. The van der Waals surface area contributed by atoms with Crippen molar-refractivity contribution in [3.63, 3.8) is 0 Å². The Morgan fingerprint density at radius 1 is 1.23 bits per heavy atom. The fraction of sp³-hybridized carbons (Fsp3) is 0.353. The second-order valence-corrected chi connectivity index (χ2v) is 6.65. The second kappa shape index (κ2) is 9.35. The first kappa shape index (κ1) is 19.9. The van der Waals surface area contributed by atoms with Crippen molar-refractivity contribution in [3.05, 3.63) is 45.9 Å². The number of thiazole rings is 1. The summed E-state index contributed by atoms with van der Waals surface area (Å²) in [6, 6.07) is 3.03. The van der Waals surface area contributed by atoms with Gasteiger partial charge in [-0.25, -0.2) is 13.8 Å². The molecular weight excluding hydrogens is 362 g/mol. The molecule has 0 unspecified atom stereocenters. The minimum Gasteiger partial charge on any atom is -0.346 e. The molecule has 0 radical (unpaired) electrons. The fourth-order valence-corrected chi connectivity index (χ4v) is 2.91. The van der Waals surface area contributed by atoms with E-state index >= 15 is 0 Å². The van der Waals surface area contributed by atoms with Gasteiger partial charge in [0.15, 0.2) is 11.6 Å². The quantitative estimate of drug-likeness (QED) is 0.734. The Morgan fingerprint density at radius 2 is 2.00 bits per heavy atom. The van der Waals surface area contributed by atoms with Crippen molar-refractivity contribution >= 4 is 28.8 Å². The van der Waals surface area contributed by atoms with Crippen LogP contribution in [0.2, 0.25) is 0 Å². The summed E-state index contributed by atoms with van der Waals surface area (Å²) >= 11 is 1.59. The van der Waals surface area contributed by atoms with Gasteiger partial charge in [0.1, 0.15) is 0 Å². The lowest BCUT2D eigenvalue weighted by Gasteiger charge is -2.15. The number of hydrogen-bond donors (Lipinski definition) is 2. The number of nitrogens with zero attached hydrogens (tertiary/aromatic N) is 2. The van der Waals surface area contributed by atoms with Crippen molar-refractivity contribution < 1.29 is 18.4 Å². The van der Waals surface area contributed by atoms with E-state index in [9.17, 15) is 18.4 Å². The smallest absolute Gasteiger partial charge is 0.243 e. The van der Waals surface area contributed by atoms with Crippen molar-refractivity contribution in [1.29, 1.82) is 0 Å². The van der Waals surface area contributed by atoms with Crippen molar-refractivity contribution in [2.75, 3.05) is 25.5 Å². The highest BCUT2D eigenvalue weighted by molar-refractivity contribution is 7.09. The monoisotopic (exact) mass is 382 g/mol. The number of rotatable bonds is 8. The molecule has 0 saturated heterocycles. The van der Waals surface area contributed by atoms with Crippen molar-refractivity contribution in [1.82, 2.24) is 15.2 Å². The van der Waals surface area contributed by atoms with Gasteiger partial charge < -0.3 is 10.6 Å². The molecule has 1 aromatic heterocycles. The number of amides is 2. The molecule has 140 valence electrons. The van der Waals surface area contributed by atoms with Crippen LogP contribution >= 0.6 is 11.3 Å². The van der Waals surface area contributed by atoms with Gasteiger partial charge >= 0.3 is 0 Å². The highest BCUT2D eigenvalue weighted by Crippen LogP contribution is 2.13. The van der Waals surface area contributed by atoms with Crippen molar-refractivity contribution in [2.24, 2.45) is 0 Å². The third kappa shape index (κ3) is 6.16. The van der Waals surface area contributed by atoms with E-state index in [2.05, 4.69) is 15.6 Å². The number of nitrogens with one attached hydrogen (secondary N) is 2. The molecule has 0 aliphatic carbocycles. The predicted octanol–water partition coefficient (Wildman–Crippen LogP) is 2.17. The summed E-state index contributed by atoms with van der Waals surface area (Å²) in [6.45, 7) is 2.41. The number of aryl methyl sites for hydroxylation is 1. The molecule has 0 bridgehead atoms. The summed E-state index contributed by atoms with van der Waals surface area (Å²) in [5.41, 5.74) is 1.02. The Balaban J connectivity index is 1.73. The Labute approximate surface area is 154 Å². The van der Waals surface area contributed by atoms with Crippen LogP contribution < -0.4 is 10.6 Å². The summed E-state index contributed by atoms with van der Waals surface area (Å²) in [5, 5.41) is 7.88. The second-order valence-electron chi connectivity index (χ2n) is 5.71. The van der Waals surface area contributed by atoms with Crippen LogP contribution in [0.5, 0.6) is 0 Å². The van der Waals surface area contributed by atoms with Crippen LogP contribution in [0.3, 0.4) is 0 Å². The third-order valence-corrected chi connectivity index (χ3v) is 4.44. The van der Waals surface area contributed by atoms with Crippen LogP contribution in [0.4, 0.5) is 14.5 Å². The highest BCUT2D eigenvalue weighted by Gasteiger charge is 2.11. The number of hydrogen-bond acceptors (Lipinski definition) is 5. The van der Waals surface area contributed by atoms with Gasteiger partial charge in [-0.2, -0.15) is 0 Å². The molecule has 0 atom stereocenters. The number of halogens is 2. The summed E-state index contributed by atoms with van der Waals surface area (Å²) in [4.78, 5) is 29.9. The standard InChI is InChI=1S/C17H20F2N4O2S/c1-3-17-22-12(10-26-17)8-23(2)9-16(25)20-7-15(24)21-11-4-5-13(18)14(19)6-11/h4-6,10H,3,7-9H2,1-2H3,(H,20,25)(H,21,24). The first-order chi connectivity index (χ1) is 12.4. The molecule has 1 heterocycles. The van der Waals surface area contributed by atoms with E-state index in [1.165, 1.54) is 6.07 Å². The summed E-state index contributed by atoms with van der Waals surface area (Å²) in [6.07, 6.45) is 0.877. The van der Waals surface area contributed by atoms with Crippen LogP contribution in [-0.2, 0) is 22.6 Å². The molecule has 0 saturated carbocycles. The van der Waals surface area contributed by atoms with Crippen molar-refractivity contribution in [3.8, 4) is 0 Å². The number of aromatic nitrogens is 1. The molecule has 26 heavy (non-hydrogen) atoms. The molecule has 6 nitrogen and oxygen atoms in total. The molecule has 1 aromatic carbocycles. The molecule has 2 N–H and O–H groups in total. The van der Waals surface area contributed by atoms with E-state index in [0.29, 0.717) is 6.54 Å². The molecule has 2 amide bonds. The highest BCUT2D eigenvalue weighted by atomic mass is 32.1. The number of benzene rings is 1. The predicted molar refractivity (Wildman–Crippen MR) is 95.8 cm³/mol. The van der Waals surface area contributed by atoms with E-state index in [-0.39, 0.29) is 24.7 Å². The lowest BCUT2D eigenvalue weighted by molar-refractivity contribution is -0.124. The van der Waals surface area contributed by atoms with Gasteiger partial charge in [0, 0.05) is 23.7 Å². The van der Waals surface area contributed by atoms with Crippen LogP contribution in [0, 0.1) is 11.6 Å². The Hall–Kier alpha value is -2.39. The molecule has 0 spiro atoms. The number of likely N-dealkylation sites (N-methyl/N-ethyl adjacent to an activating group) is 1. The maximum Gasteiger partial charge on any atom is 0.243 e. The normalized spacial score (nSPS) is 10.8. The number of anilines is 1. The maximum absolute atomic E-state index is 13.1. The number of carbonyl (C=O) groups is 2. The average Bonchev–Trinajstić information content (AvgIpc) is 3.03. The number of carbonyl (C=O) groups excluding carboxylic acids is 2. The SMILES string of the molecule is CCc1nc(CN(C)CC(=O)NCC(=O)Nc2ccc(F)c(F)c2)cs1. The first-order valence-corrected chi connectivity index (χ1v) is 8.88. The molecule has 0 fully saturated rings. The first-order valence-electron chi connectivity index (χ1n) is 8.00. The zero-order valence-corrected chi connectivity index (χ0v) is 15.3. The summed E-state index contributed by atoms with van der Waals surface area (Å²) < 4.78 is 25.9. The molecule has 0 aliphatic heterocycles. The van der Waals surface area contributed by atoms with Gasteiger partial charge in [-0.05, 0) is 25.6 Å². The largest absolute Gasteiger partial charge is 0.346 e. The van der Waals surface area contributed by atoms with Gasteiger partial charge in [0.05, 0.1) is 23.8 Å². The maximum atomic E-state index is 13.1. The minimum absolute atomic E-state index is 0.109. The van der Waals surface area contributed by atoms with Crippen LogP contribution in [0.25, 0.3) is 0 Å². The Morgan fingerprint density at radius 3 is 2.65 bits per heavy atom. The summed E-state index contributed by atoms with van der Waals surface area (Å²) in [5.74, 6) is -2.90. The zero-order valence-electron chi connectivity index (χ0n) is 14.5. The molecule has 0 aliphatic rings. The Bertz CT molecular complexity index is 782. The van der Waals surface area contributed by atoms with Gasteiger partial charge in [-0.15, -0.1) is 11.3 Å². The molecule has 9 heteroatoms. The average molecular weight is 382 g/mol. The fourth-order valence-electron chi connectivity index (χ4n) is 2.18. The van der Waals surface area contributed by atoms with E-state index in [0.717, 1.165) is 29.3 Å². The molecule has 2 rings (SSSR count). The van der Waals surface area contributed by atoms with E-state index in [1.54, 1.807) is 23.3 Å². The lowest BCUT2D eigenvalue weighted by atomic mass is 10.3. The van der Waals surface area contributed by atoms with E-state index in [4.69, 9.17) is 0 Å². The van der Waals surface area contributed by atoms with E-state index in [1.807, 2.05) is 12.3 Å². The lowest BCUT2D eigenvalue weighted by Crippen LogP contribution is -2.39. The molecular formula is C17H20F2N4O2S. The van der Waals surface area contributed by atoms with Gasteiger partial charge in [-0.3, -0.25) is 14.5 Å². The third-order valence-electron chi connectivity index (χ3n) is 3.40. The van der Waals surface area contributed by atoms with Gasteiger partial charge in [0.25, 0.3) is 0 Å². The van der Waals surface area contributed by atoms with E-state index < -0.39 is 17.5 Å². The van der Waals surface area contributed by atoms with Gasteiger partial charge in [-0.1, -0.05) is 6.92 Å². The van der Waals surface area contributed by atoms with Crippen LogP contribution in [0.15, 0.2) is 23.6 Å². The topological polar surface area (TPSA) is 74.3 Å². The minimum atomic E-state index is -1.05. The zero-order chi connectivity index (χ0) is 19.1. The summed E-state index contributed by atoms with van der Waals surface area (Å²) in [7, 11) is 1.78.